The van der Waals surface area contributed by atoms with Crippen LogP contribution in [0.2, 0.25) is 0 Å². The largest absolute Gasteiger partial charge is 0.440 e. The maximum atomic E-state index is 10.9. The normalized spacial score (nSPS) is 10.1. The van der Waals surface area contributed by atoms with Crippen molar-refractivity contribution in [3.63, 3.8) is 0 Å². The van der Waals surface area contributed by atoms with Crippen LogP contribution in [0.3, 0.4) is 0 Å². The van der Waals surface area contributed by atoms with Crippen LogP contribution in [0, 0.1) is 0 Å². The Bertz CT molecular complexity index is 403. The highest BCUT2D eigenvalue weighted by molar-refractivity contribution is 9.13. The molecule has 0 fully saturated rings. The van der Waals surface area contributed by atoms with Crippen LogP contribution < -0.4 is 3.70 Å². The lowest BCUT2D eigenvalue weighted by molar-refractivity contribution is 0.376. The van der Waals surface area contributed by atoms with Gasteiger partial charge in [0.05, 0.1) is 26.3 Å². The molecule has 0 aliphatic heterocycles. The van der Waals surface area contributed by atoms with E-state index in [2.05, 4.69) is 48.0 Å². The predicted octanol–water partition coefficient (Wildman–Crippen LogP) is 4.26. The molecular formula is C6H7Br3Cl2NO3P. The van der Waals surface area contributed by atoms with Crippen molar-refractivity contribution in [3.8, 4) is 0 Å². The zero-order valence-electron chi connectivity index (χ0n) is 7.38. The van der Waals surface area contributed by atoms with E-state index in [-0.39, 0.29) is 24.8 Å². The summed E-state index contributed by atoms with van der Waals surface area (Å²) in [5.41, 5.74) is 0.354. The number of hydrogen-bond donors (Lipinski definition) is 2. The Labute approximate surface area is 130 Å². The van der Waals surface area contributed by atoms with E-state index in [0.717, 1.165) is 3.70 Å². The van der Waals surface area contributed by atoms with Crippen molar-refractivity contribution in [1.29, 1.82) is 0 Å². The molecule has 94 valence electrons. The second-order valence-electron chi connectivity index (χ2n) is 2.35. The first-order valence-electron chi connectivity index (χ1n) is 3.30. The minimum Gasteiger partial charge on any atom is -0.307 e. The topological polar surface area (TPSA) is 60.8 Å². The van der Waals surface area contributed by atoms with Crippen LogP contribution in [0.15, 0.2) is 27.1 Å². The van der Waals surface area contributed by atoms with E-state index in [1.807, 2.05) is 0 Å². The molecule has 1 rings (SSSR count). The van der Waals surface area contributed by atoms with Gasteiger partial charge in [-0.05, 0) is 44.0 Å². The van der Waals surface area contributed by atoms with Crippen molar-refractivity contribution in [2.24, 2.45) is 0 Å². The first-order valence-corrected chi connectivity index (χ1v) is 7.16. The second-order valence-corrected chi connectivity index (χ2v) is 6.68. The quantitative estimate of drug-likeness (QED) is 0.488. The molecule has 0 aromatic heterocycles. The summed E-state index contributed by atoms with van der Waals surface area (Å²) in [6, 6.07) is 5.00. The van der Waals surface area contributed by atoms with Gasteiger partial charge in [-0.25, -0.2) is 8.26 Å². The van der Waals surface area contributed by atoms with Gasteiger partial charge in [0.2, 0.25) is 0 Å². The Morgan fingerprint density at radius 1 is 1.19 bits per heavy atom. The molecule has 0 atom stereocenters. The predicted molar refractivity (Wildman–Crippen MR) is 79.8 cm³/mol. The van der Waals surface area contributed by atoms with Gasteiger partial charge in [-0.1, -0.05) is 6.07 Å². The number of rotatable bonds is 2. The van der Waals surface area contributed by atoms with E-state index < -0.39 is 7.75 Å². The molecule has 0 bridgehead atoms. The molecule has 0 aliphatic rings. The van der Waals surface area contributed by atoms with Gasteiger partial charge in [0, 0.05) is 4.47 Å². The number of hydrogen-bond acceptors (Lipinski definition) is 1. The van der Waals surface area contributed by atoms with Gasteiger partial charge < -0.3 is 9.79 Å². The van der Waals surface area contributed by atoms with Gasteiger partial charge in [-0.3, -0.25) is 0 Å². The smallest absolute Gasteiger partial charge is 0.307 e. The van der Waals surface area contributed by atoms with E-state index >= 15 is 0 Å². The SMILES string of the molecule is Cl.Cl.O=P(O)(O)N(Br)c1cccc(Br)c1Br. The van der Waals surface area contributed by atoms with Crippen molar-refractivity contribution in [2.45, 2.75) is 0 Å². The van der Waals surface area contributed by atoms with Gasteiger partial charge in [0.1, 0.15) is 0 Å². The molecule has 10 heteroatoms. The minimum atomic E-state index is -4.33. The molecular weight excluding hydrogens is 476 g/mol. The average Bonchev–Trinajstić information content (AvgIpc) is 2.07. The average molecular weight is 483 g/mol. The molecule has 1 aromatic carbocycles. The summed E-state index contributed by atoms with van der Waals surface area (Å²) < 4.78 is 12.9. The molecule has 1 aromatic rings. The standard InChI is InChI=1S/C6H5Br3NO3P.2ClH/c7-4-2-1-3-5(6(4)8)10(9)14(11,12)13;;/h1-3H,(H2,11,12,13);2*1H. The molecule has 0 amide bonds. The third-order valence-electron chi connectivity index (χ3n) is 1.36. The maximum Gasteiger partial charge on any atom is 0.440 e. The Morgan fingerprint density at radius 3 is 2.12 bits per heavy atom. The first kappa shape index (κ1) is 19.5. The number of halogens is 5. The Balaban J connectivity index is 0. The lowest BCUT2D eigenvalue weighted by atomic mass is 10.3. The highest BCUT2D eigenvalue weighted by atomic mass is 79.9. The van der Waals surface area contributed by atoms with E-state index in [0.29, 0.717) is 14.6 Å². The van der Waals surface area contributed by atoms with Crippen LogP contribution in [-0.4, -0.2) is 9.79 Å². The summed E-state index contributed by atoms with van der Waals surface area (Å²) in [4.78, 5) is 17.8. The fourth-order valence-corrected chi connectivity index (χ4v) is 2.69. The number of anilines is 1. The number of benzene rings is 1. The molecule has 0 saturated heterocycles. The van der Waals surface area contributed by atoms with Gasteiger partial charge in [0.15, 0.2) is 0 Å². The summed E-state index contributed by atoms with van der Waals surface area (Å²) in [6.45, 7) is 0. The van der Waals surface area contributed by atoms with Gasteiger partial charge in [-0.15, -0.1) is 24.8 Å². The van der Waals surface area contributed by atoms with Gasteiger partial charge >= 0.3 is 7.75 Å². The van der Waals surface area contributed by atoms with Crippen molar-refractivity contribution in [2.75, 3.05) is 3.70 Å². The summed E-state index contributed by atoms with van der Waals surface area (Å²) in [6.07, 6.45) is 0. The van der Waals surface area contributed by atoms with Crippen LogP contribution in [0.5, 0.6) is 0 Å². The summed E-state index contributed by atoms with van der Waals surface area (Å²) in [5, 5.41) is 0. The molecule has 0 heterocycles. The zero-order valence-corrected chi connectivity index (χ0v) is 14.7. The van der Waals surface area contributed by atoms with Crippen LogP contribution in [0.1, 0.15) is 0 Å². The molecule has 0 aliphatic carbocycles. The third kappa shape index (κ3) is 4.82. The molecule has 0 spiro atoms. The van der Waals surface area contributed by atoms with Gasteiger partial charge in [-0.2, -0.15) is 0 Å². The fraction of sp³-hybridized carbons (Fsp3) is 0. The lowest BCUT2D eigenvalue weighted by Gasteiger charge is -2.18. The van der Waals surface area contributed by atoms with Crippen LogP contribution in [0.25, 0.3) is 0 Å². The highest BCUT2D eigenvalue weighted by Crippen LogP contribution is 2.49. The van der Waals surface area contributed by atoms with E-state index in [4.69, 9.17) is 9.79 Å². The molecule has 4 nitrogen and oxygen atoms in total. The van der Waals surface area contributed by atoms with Crippen molar-refractivity contribution in [1.82, 2.24) is 0 Å². The summed E-state index contributed by atoms with van der Waals surface area (Å²) >= 11 is 9.26. The zero-order chi connectivity index (χ0) is 10.9. The van der Waals surface area contributed by atoms with Crippen LogP contribution in [0.4, 0.5) is 5.69 Å². The van der Waals surface area contributed by atoms with Crippen molar-refractivity contribution >= 4 is 86.3 Å². The van der Waals surface area contributed by atoms with Crippen LogP contribution >= 0.6 is 80.6 Å². The Kier molecular flexibility index (Phi) is 9.26. The molecule has 0 saturated carbocycles. The van der Waals surface area contributed by atoms with Crippen molar-refractivity contribution < 1.29 is 14.4 Å². The summed E-state index contributed by atoms with van der Waals surface area (Å²) in [5.74, 6) is 0. The first-order chi connectivity index (χ1) is 6.34. The lowest BCUT2D eigenvalue weighted by Crippen LogP contribution is -2.05. The minimum absolute atomic E-state index is 0. The van der Waals surface area contributed by atoms with E-state index in [1.165, 1.54) is 0 Å². The molecule has 0 radical (unpaired) electrons. The molecule has 0 unspecified atom stereocenters. The van der Waals surface area contributed by atoms with E-state index in [1.54, 1.807) is 18.2 Å². The molecule has 16 heavy (non-hydrogen) atoms. The van der Waals surface area contributed by atoms with Gasteiger partial charge in [0.25, 0.3) is 0 Å². The maximum absolute atomic E-state index is 10.9. The summed E-state index contributed by atoms with van der Waals surface area (Å²) in [7, 11) is -4.33. The Morgan fingerprint density at radius 2 is 1.69 bits per heavy atom. The van der Waals surface area contributed by atoms with Crippen LogP contribution in [-0.2, 0) is 4.57 Å². The number of nitrogens with zero attached hydrogens (tertiary/aromatic N) is 1. The second kappa shape index (κ2) is 7.59. The third-order valence-corrected chi connectivity index (χ3v) is 5.68. The molecule has 2 N–H and O–H groups in total. The highest BCUT2D eigenvalue weighted by Gasteiger charge is 2.25. The Hall–Kier alpha value is 1.19. The monoisotopic (exact) mass is 479 g/mol. The fourth-order valence-electron chi connectivity index (χ4n) is 0.775. The van der Waals surface area contributed by atoms with Crippen molar-refractivity contribution in [3.05, 3.63) is 27.1 Å². The van der Waals surface area contributed by atoms with E-state index in [9.17, 15) is 4.57 Å².